The van der Waals surface area contributed by atoms with E-state index in [1.165, 1.54) is 13.8 Å². The first-order valence-electron chi connectivity index (χ1n) is 5.48. The highest BCUT2D eigenvalue weighted by Crippen LogP contribution is 2.35. The fourth-order valence-electron chi connectivity index (χ4n) is 1.55. The number of rotatable bonds is 2. The molecular formula is C11H9F3O6S. The van der Waals surface area contributed by atoms with Crippen LogP contribution in [-0.2, 0) is 14.9 Å². The number of halogens is 3. The van der Waals surface area contributed by atoms with Crippen LogP contribution in [0.15, 0.2) is 18.2 Å². The quantitative estimate of drug-likeness (QED) is 0.471. The molecule has 0 saturated carbocycles. The van der Waals surface area contributed by atoms with Gasteiger partial charge in [0.05, 0.1) is 0 Å². The Morgan fingerprint density at radius 1 is 1.19 bits per heavy atom. The third-order valence-corrected chi connectivity index (χ3v) is 3.33. The molecule has 1 aromatic carbocycles. The van der Waals surface area contributed by atoms with Gasteiger partial charge in [0.1, 0.15) is 17.1 Å². The van der Waals surface area contributed by atoms with Crippen LogP contribution in [0.3, 0.4) is 0 Å². The van der Waals surface area contributed by atoms with Crippen LogP contribution >= 0.6 is 0 Å². The van der Waals surface area contributed by atoms with Crippen LogP contribution in [0.4, 0.5) is 13.2 Å². The topological polar surface area (TPSA) is 78.9 Å². The zero-order chi connectivity index (χ0) is 16.1. The molecule has 21 heavy (non-hydrogen) atoms. The Labute approximate surface area is 117 Å². The number of benzene rings is 1. The number of hydrogen-bond donors (Lipinski definition) is 0. The van der Waals surface area contributed by atoms with E-state index in [0.29, 0.717) is 0 Å². The van der Waals surface area contributed by atoms with Gasteiger partial charge in [0.25, 0.3) is 0 Å². The molecule has 1 aromatic rings. The first-order valence-corrected chi connectivity index (χ1v) is 6.89. The van der Waals surface area contributed by atoms with Crippen molar-refractivity contribution in [1.82, 2.24) is 0 Å². The van der Waals surface area contributed by atoms with Crippen LogP contribution in [-0.4, -0.2) is 25.7 Å². The van der Waals surface area contributed by atoms with E-state index < -0.39 is 33.1 Å². The van der Waals surface area contributed by atoms with Crippen molar-refractivity contribution in [3.8, 4) is 11.5 Å². The Hall–Kier alpha value is -1.97. The van der Waals surface area contributed by atoms with Crippen LogP contribution in [0, 0.1) is 0 Å². The van der Waals surface area contributed by atoms with Crippen molar-refractivity contribution in [2.45, 2.75) is 25.1 Å². The van der Waals surface area contributed by atoms with E-state index >= 15 is 0 Å². The van der Waals surface area contributed by atoms with Crippen LogP contribution in [0.5, 0.6) is 11.5 Å². The van der Waals surface area contributed by atoms with Gasteiger partial charge in [-0.1, -0.05) is 0 Å². The second-order valence-electron chi connectivity index (χ2n) is 4.53. The van der Waals surface area contributed by atoms with Crippen molar-refractivity contribution < 1.29 is 40.0 Å². The number of fused-ring (bicyclic) bond motifs is 1. The van der Waals surface area contributed by atoms with E-state index in [1.54, 1.807) is 0 Å². The number of esters is 1. The molecule has 0 bridgehead atoms. The Balaban J connectivity index is 2.36. The molecule has 1 heterocycles. The molecule has 6 nitrogen and oxygen atoms in total. The molecular weight excluding hydrogens is 317 g/mol. The number of ether oxygens (including phenoxy) is 2. The van der Waals surface area contributed by atoms with Crippen molar-refractivity contribution in [2.75, 3.05) is 0 Å². The Morgan fingerprint density at radius 2 is 1.81 bits per heavy atom. The molecule has 10 heteroatoms. The zero-order valence-electron chi connectivity index (χ0n) is 10.7. The highest BCUT2D eigenvalue weighted by Gasteiger charge is 2.48. The summed E-state index contributed by atoms with van der Waals surface area (Å²) in [6.07, 6.45) is 0. The summed E-state index contributed by atoms with van der Waals surface area (Å²) in [5.74, 6) is -2.72. The zero-order valence-corrected chi connectivity index (χ0v) is 11.5. The summed E-state index contributed by atoms with van der Waals surface area (Å²) in [5.41, 5.74) is -5.80. The highest BCUT2D eigenvalue weighted by atomic mass is 32.2. The smallest absolute Gasteiger partial charge is 0.452 e. The van der Waals surface area contributed by atoms with Crippen LogP contribution in [0.1, 0.15) is 24.2 Å². The minimum atomic E-state index is -5.81. The van der Waals surface area contributed by atoms with Gasteiger partial charge in [-0.15, -0.1) is 0 Å². The van der Waals surface area contributed by atoms with Gasteiger partial charge in [0.15, 0.2) is 0 Å². The lowest BCUT2D eigenvalue weighted by Gasteiger charge is -2.31. The molecule has 116 valence electrons. The van der Waals surface area contributed by atoms with Crippen LogP contribution in [0.25, 0.3) is 0 Å². The van der Waals surface area contributed by atoms with Gasteiger partial charge in [0.2, 0.25) is 5.79 Å². The maximum Gasteiger partial charge on any atom is 0.534 e. The van der Waals surface area contributed by atoms with E-state index in [2.05, 4.69) is 4.18 Å². The number of carbonyl (C=O) groups is 1. The summed E-state index contributed by atoms with van der Waals surface area (Å²) in [5, 5.41) is 0. The molecule has 0 N–H and O–H groups in total. The fourth-order valence-corrected chi connectivity index (χ4v) is 2.00. The largest absolute Gasteiger partial charge is 0.534 e. The molecule has 0 unspecified atom stereocenters. The van der Waals surface area contributed by atoms with Gasteiger partial charge in [-0.25, -0.2) is 4.79 Å². The van der Waals surface area contributed by atoms with Gasteiger partial charge in [-0.2, -0.15) is 21.6 Å². The summed E-state index contributed by atoms with van der Waals surface area (Å²) < 4.78 is 72.4. The fraction of sp³-hybridized carbons (Fsp3) is 0.364. The van der Waals surface area contributed by atoms with Crippen LogP contribution < -0.4 is 8.92 Å². The average Bonchev–Trinajstić information content (AvgIpc) is 2.26. The maximum atomic E-state index is 12.2. The van der Waals surface area contributed by atoms with E-state index in [1.807, 2.05) is 0 Å². The van der Waals surface area contributed by atoms with E-state index in [9.17, 15) is 26.4 Å². The summed E-state index contributed by atoms with van der Waals surface area (Å²) in [6, 6.07) is 2.87. The Bertz CT molecular complexity index is 692. The maximum absolute atomic E-state index is 12.2. The lowest BCUT2D eigenvalue weighted by Crippen LogP contribution is -2.38. The Morgan fingerprint density at radius 3 is 2.38 bits per heavy atom. The minimum absolute atomic E-state index is 0.0491. The van der Waals surface area contributed by atoms with Crippen molar-refractivity contribution in [1.29, 1.82) is 0 Å². The molecule has 0 spiro atoms. The van der Waals surface area contributed by atoms with Crippen molar-refractivity contribution >= 4 is 16.1 Å². The van der Waals surface area contributed by atoms with Crippen molar-refractivity contribution in [3.05, 3.63) is 23.8 Å². The second kappa shape index (κ2) is 4.52. The lowest BCUT2D eigenvalue weighted by atomic mass is 10.1. The predicted molar refractivity (Wildman–Crippen MR) is 62.2 cm³/mol. The van der Waals surface area contributed by atoms with E-state index in [-0.39, 0.29) is 11.3 Å². The van der Waals surface area contributed by atoms with Crippen LogP contribution in [0.2, 0.25) is 0 Å². The summed E-state index contributed by atoms with van der Waals surface area (Å²) in [7, 11) is -5.81. The highest BCUT2D eigenvalue weighted by molar-refractivity contribution is 7.88. The summed E-state index contributed by atoms with van der Waals surface area (Å²) >= 11 is 0. The molecule has 0 atom stereocenters. The number of cyclic esters (lactones) is 1. The standard InChI is InChI=1S/C11H9F3O6S/c1-10(2)18-8-4-3-6(5-7(8)9(15)19-10)20-21(16,17)11(12,13)14/h3-5H,1-2H3. The van der Waals surface area contributed by atoms with Gasteiger partial charge in [-0.05, 0) is 12.1 Å². The first-order chi connectivity index (χ1) is 9.41. The molecule has 0 amide bonds. The monoisotopic (exact) mass is 326 g/mol. The van der Waals surface area contributed by atoms with Gasteiger partial charge < -0.3 is 13.7 Å². The SMILES string of the molecule is CC1(C)OC(=O)c2cc(OS(=O)(=O)C(F)(F)F)ccc2O1. The average molecular weight is 326 g/mol. The molecule has 0 aromatic heterocycles. The number of alkyl halides is 3. The summed E-state index contributed by atoms with van der Waals surface area (Å²) in [6.45, 7) is 2.93. The molecule has 0 fully saturated rings. The first kappa shape index (κ1) is 15.4. The number of hydrogen-bond acceptors (Lipinski definition) is 6. The third-order valence-electron chi connectivity index (χ3n) is 2.35. The molecule has 1 aliphatic rings. The van der Waals surface area contributed by atoms with E-state index in [0.717, 1.165) is 18.2 Å². The Kier molecular flexibility index (Phi) is 3.32. The molecule has 0 radical (unpaired) electrons. The molecule has 2 rings (SSSR count). The normalized spacial score (nSPS) is 17.5. The minimum Gasteiger partial charge on any atom is -0.452 e. The molecule has 0 saturated heterocycles. The van der Waals surface area contributed by atoms with Crippen molar-refractivity contribution in [3.63, 3.8) is 0 Å². The third kappa shape index (κ3) is 3.04. The van der Waals surface area contributed by atoms with E-state index in [4.69, 9.17) is 9.47 Å². The van der Waals surface area contributed by atoms with Gasteiger partial charge >= 0.3 is 21.6 Å². The van der Waals surface area contributed by atoms with Crippen molar-refractivity contribution in [2.24, 2.45) is 0 Å². The molecule has 0 aliphatic carbocycles. The second-order valence-corrected chi connectivity index (χ2v) is 6.07. The lowest BCUT2D eigenvalue weighted by molar-refractivity contribution is -0.127. The predicted octanol–water partition coefficient (Wildman–Crippen LogP) is 2.20. The summed E-state index contributed by atoms with van der Waals surface area (Å²) in [4.78, 5) is 11.7. The van der Waals surface area contributed by atoms with Gasteiger partial charge in [0, 0.05) is 19.9 Å². The number of carbonyl (C=O) groups excluding carboxylic acids is 1. The van der Waals surface area contributed by atoms with Gasteiger partial charge in [-0.3, -0.25) is 0 Å². The molecule has 1 aliphatic heterocycles.